The summed E-state index contributed by atoms with van der Waals surface area (Å²) in [6.45, 7) is 4.57. The number of benzene rings is 2. The van der Waals surface area contributed by atoms with Crippen LogP contribution in [0.4, 0.5) is 17.1 Å². The smallest absolute Gasteiger partial charge is 0.251 e. The largest absolute Gasteiger partial charge is 0.376 e. The molecule has 0 fully saturated rings. The van der Waals surface area contributed by atoms with Crippen molar-refractivity contribution in [1.29, 1.82) is 0 Å². The van der Waals surface area contributed by atoms with Gasteiger partial charge in [-0.1, -0.05) is 26.3 Å². The van der Waals surface area contributed by atoms with Crippen molar-refractivity contribution in [3.05, 3.63) is 54.1 Å². The molecule has 0 atom stereocenters. The highest BCUT2D eigenvalue weighted by molar-refractivity contribution is 5.96. The minimum Gasteiger partial charge on any atom is -0.376 e. The van der Waals surface area contributed by atoms with Gasteiger partial charge in [0.2, 0.25) is 11.8 Å². The molecular weight excluding hydrogens is 368 g/mol. The monoisotopic (exact) mass is 396 g/mol. The van der Waals surface area contributed by atoms with Crippen LogP contribution in [0.2, 0.25) is 0 Å². The molecule has 7 heteroatoms. The Kier molecular flexibility index (Phi) is 8.69. The molecule has 0 aromatic heterocycles. The number of carbonyl (C=O) groups excluding carboxylic acids is 3. The van der Waals surface area contributed by atoms with Crippen molar-refractivity contribution in [1.82, 2.24) is 5.32 Å². The molecule has 0 radical (unpaired) electrons. The molecule has 154 valence electrons. The summed E-state index contributed by atoms with van der Waals surface area (Å²) < 4.78 is 0. The van der Waals surface area contributed by atoms with Crippen molar-refractivity contribution in [2.75, 3.05) is 29.0 Å². The standard InChI is InChI=1S/C22H28N4O3/c1-3-5-13-23-22(29)16-7-6-8-19(14-16)24-15-21(28)26-18-11-9-17(10-12-18)25-20(27)4-2/h6-12,14,24H,3-5,13,15H2,1-2H3,(H,23,29)(H,25,27)(H,26,28). The van der Waals surface area contributed by atoms with Gasteiger partial charge in [-0.15, -0.1) is 0 Å². The fourth-order valence-electron chi connectivity index (χ4n) is 2.52. The van der Waals surface area contributed by atoms with Crippen LogP contribution in [0.25, 0.3) is 0 Å². The molecule has 0 saturated heterocycles. The van der Waals surface area contributed by atoms with Crippen molar-refractivity contribution >= 4 is 34.8 Å². The lowest BCUT2D eigenvalue weighted by atomic mass is 10.2. The average Bonchev–Trinajstić information content (AvgIpc) is 2.74. The van der Waals surface area contributed by atoms with Gasteiger partial charge in [0.15, 0.2) is 0 Å². The molecule has 3 amide bonds. The zero-order chi connectivity index (χ0) is 21.1. The van der Waals surface area contributed by atoms with Gasteiger partial charge in [0, 0.05) is 35.6 Å². The first-order chi connectivity index (χ1) is 14.0. The van der Waals surface area contributed by atoms with E-state index in [-0.39, 0.29) is 24.3 Å². The predicted molar refractivity (Wildman–Crippen MR) is 116 cm³/mol. The summed E-state index contributed by atoms with van der Waals surface area (Å²) in [5.41, 5.74) is 2.56. The topological polar surface area (TPSA) is 99.3 Å². The second kappa shape index (κ2) is 11.5. The van der Waals surface area contributed by atoms with E-state index in [0.717, 1.165) is 12.8 Å². The molecule has 0 bridgehead atoms. The number of anilines is 3. The van der Waals surface area contributed by atoms with Crippen LogP contribution in [0.5, 0.6) is 0 Å². The molecule has 0 heterocycles. The Labute approximate surface area is 171 Å². The lowest BCUT2D eigenvalue weighted by Gasteiger charge is -2.10. The second-order valence-electron chi connectivity index (χ2n) is 6.57. The summed E-state index contributed by atoms with van der Waals surface area (Å²) in [4.78, 5) is 35.7. The van der Waals surface area contributed by atoms with Gasteiger partial charge in [0.05, 0.1) is 6.54 Å². The first kappa shape index (κ1) is 21.9. The van der Waals surface area contributed by atoms with Crippen molar-refractivity contribution in [3.8, 4) is 0 Å². The zero-order valence-corrected chi connectivity index (χ0v) is 16.9. The van der Waals surface area contributed by atoms with Gasteiger partial charge in [-0.3, -0.25) is 14.4 Å². The van der Waals surface area contributed by atoms with E-state index in [2.05, 4.69) is 28.2 Å². The minimum absolute atomic E-state index is 0.0627. The summed E-state index contributed by atoms with van der Waals surface area (Å²) in [6.07, 6.45) is 2.37. The number of carbonyl (C=O) groups is 3. The number of amides is 3. The van der Waals surface area contributed by atoms with Gasteiger partial charge in [-0.2, -0.15) is 0 Å². The number of rotatable bonds is 10. The Morgan fingerprint density at radius 3 is 2.10 bits per heavy atom. The maximum absolute atomic E-state index is 12.2. The molecule has 2 aromatic carbocycles. The van der Waals surface area contributed by atoms with E-state index in [0.29, 0.717) is 35.6 Å². The van der Waals surface area contributed by atoms with Crippen LogP contribution in [-0.2, 0) is 9.59 Å². The molecule has 0 unspecified atom stereocenters. The van der Waals surface area contributed by atoms with Gasteiger partial charge in [-0.25, -0.2) is 0 Å². The fraction of sp³-hybridized carbons (Fsp3) is 0.318. The molecule has 4 N–H and O–H groups in total. The molecule has 0 spiro atoms. The molecule has 0 aliphatic carbocycles. The molecule has 29 heavy (non-hydrogen) atoms. The number of hydrogen-bond acceptors (Lipinski definition) is 4. The summed E-state index contributed by atoms with van der Waals surface area (Å²) in [7, 11) is 0. The Hall–Kier alpha value is -3.35. The Morgan fingerprint density at radius 1 is 0.828 bits per heavy atom. The van der Waals surface area contributed by atoms with E-state index in [9.17, 15) is 14.4 Å². The quantitative estimate of drug-likeness (QED) is 0.461. The molecular formula is C22H28N4O3. The highest BCUT2D eigenvalue weighted by Crippen LogP contribution is 2.14. The van der Waals surface area contributed by atoms with Crippen molar-refractivity contribution < 1.29 is 14.4 Å². The third kappa shape index (κ3) is 7.65. The molecule has 0 aliphatic rings. The average molecular weight is 396 g/mol. The van der Waals surface area contributed by atoms with E-state index >= 15 is 0 Å². The van der Waals surface area contributed by atoms with Gasteiger partial charge >= 0.3 is 0 Å². The van der Waals surface area contributed by atoms with E-state index in [4.69, 9.17) is 0 Å². The van der Waals surface area contributed by atoms with Crippen molar-refractivity contribution in [2.45, 2.75) is 33.1 Å². The van der Waals surface area contributed by atoms with E-state index in [1.54, 1.807) is 55.5 Å². The first-order valence-electron chi connectivity index (χ1n) is 9.83. The summed E-state index contributed by atoms with van der Waals surface area (Å²) in [6, 6.07) is 14.0. The lowest BCUT2D eigenvalue weighted by molar-refractivity contribution is -0.116. The molecule has 0 aliphatic heterocycles. The van der Waals surface area contributed by atoms with Crippen LogP contribution < -0.4 is 21.3 Å². The van der Waals surface area contributed by atoms with Gasteiger partial charge in [0.1, 0.15) is 0 Å². The van der Waals surface area contributed by atoms with Crippen LogP contribution >= 0.6 is 0 Å². The lowest BCUT2D eigenvalue weighted by Crippen LogP contribution is -2.25. The van der Waals surface area contributed by atoms with Crippen LogP contribution in [0.15, 0.2) is 48.5 Å². The number of nitrogens with one attached hydrogen (secondary N) is 4. The van der Waals surface area contributed by atoms with Crippen LogP contribution in [0.3, 0.4) is 0 Å². The number of unbranched alkanes of at least 4 members (excludes halogenated alkanes) is 1. The summed E-state index contributed by atoms with van der Waals surface area (Å²) >= 11 is 0. The Bertz CT molecular complexity index is 834. The maximum Gasteiger partial charge on any atom is 0.251 e. The zero-order valence-electron chi connectivity index (χ0n) is 16.9. The molecule has 2 aromatic rings. The van der Waals surface area contributed by atoms with Crippen molar-refractivity contribution in [2.24, 2.45) is 0 Å². The van der Waals surface area contributed by atoms with Crippen LogP contribution in [-0.4, -0.2) is 30.8 Å². The van der Waals surface area contributed by atoms with E-state index in [1.165, 1.54) is 0 Å². The Balaban J connectivity index is 1.83. The minimum atomic E-state index is -0.215. The molecule has 2 rings (SSSR count). The van der Waals surface area contributed by atoms with Crippen molar-refractivity contribution in [3.63, 3.8) is 0 Å². The second-order valence-corrected chi connectivity index (χ2v) is 6.57. The molecule has 0 saturated carbocycles. The predicted octanol–water partition coefficient (Wildman–Crippen LogP) is 3.62. The first-order valence-corrected chi connectivity index (χ1v) is 9.83. The highest BCUT2D eigenvalue weighted by atomic mass is 16.2. The molecule has 7 nitrogen and oxygen atoms in total. The fourth-order valence-corrected chi connectivity index (χ4v) is 2.52. The van der Waals surface area contributed by atoms with Gasteiger partial charge in [-0.05, 0) is 48.9 Å². The van der Waals surface area contributed by atoms with Gasteiger partial charge < -0.3 is 21.3 Å². The number of hydrogen-bond donors (Lipinski definition) is 4. The van der Waals surface area contributed by atoms with Crippen LogP contribution in [0, 0.1) is 0 Å². The van der Waals surface area contributed by atoms with E-state index < -0.39 is 0 Å². The SMILES string of the molecule is CCCCNC(=O)c1cccc(NCC(=O)Nc2ccc(NC(=O)CC)cc2)c1. The Morgan fingerprint density at radius 2 is 1.48 bits per heavy atom. The highest BCUT2D eigenvalue weighted by Gasteiger charge is 2.07. The van der Waals surface area contributed by atoms with E-state index in [1.807, 2.05) is 0 Å². The maximum atomic E-state index is 12.2. The van der Waals surface area contributed by atoms with Crippen LogP contribution in [0.1, 0.15) is 43.5 Å². The summed E-state index contributed by atoms with van der Waals surface area (Å²) in [5, 5.41) is 11.4. The summed E-state index contributed by atoms with van der Waals surface area (Å²) in [5.74, 6) is -0.401. The third-order valence-electron chi connectivity index (χ3n) is 4.17. The normalized spacial score (nSPS) is 10.1. The third-order valence-corrected chi connectivity index (χ3v) is 4.17. The van der Waals surface area contributed by atoms with Gasteiger partial charge in [0.25, 0.3) is 5.91 Å².